The van der Waals surface area contributed by atoms with Crippen molar-refractivity contribution in [3.63, 3.8) is 0 Å². The highest BCUT2D eigenvalue weighted by molar-refractivity contribution is 5.95. The zero-order valence-corrected chi connectivity index (χ0v) is 13.0. The monoisotopic (exact) mass is 302 g/mol. The first kappa shape index (κ1) is 17.5. The minimum atomic E-state index is -0.563. The summed E-state index contributed by atoms with van der Waals surface area (Å²) in [6.07, 6.45) is 4.75. The summed E-state index contributed by atoms with van der Waals surface area (Å²) < 4.78 is 5.37. The molecule has 1 aromatic rings. The van der Waals surface area contributed by atoms with Crippen LogP contribution in [0.3, 0.4) is 0 Å². The van der Waals surface area contributed by atoms with E-state index in [0.717, 1.165) is 11.3 Å². The van der Waals surface area contributed by atoms with E-state index in [9.17, 15) is 9.59 Å². The first-order chi connectivity index (χ1) is 10.6. The molecule has 1 rings (SSSR count). The number of likely N-dealkylation sites (N-methyl/N-ethyl adjacent to an activating group) is 1. The third-order valence-corrected chi connectivity index (χ3v) is 2.78. The molecule has 1 atom stereocenters. The number of benzene rings is 1. The number of carbonyl (C=O) groups is 2. The van der Waals surface area contributed by atoms with Crippen molar-refractivity contribution in [1.82, 2.24) is 10.6 Å². The van der Waals surface area contributed by atoms with Gasteiger partial charge in [0.25, 0.3) is 0 Å². The smallest absolute Gasteiger partial charge is 0.244 e. The molecule has 0 heterocycles. The maximum Gasteiger partial charge on any atom is 0.244 e. The van der Waals surface area contributed by atoms with E-state index in [1.165, 1.54) is 6.08 Å². The summed E-state index contributed by atoms with van der Waals surface area (Å²) in [6.45, 7) is 8.04. The molecule has 0 aliphatic carbocycles. The van der Waals surface area contributed by atoms with E-state index in [1.54, 1.807) is 19.1 Å². The van der Waals surface area contributed by atoms with Crippen LogP contribution in [0.25, 0.3) is 6.08 Å². The average molecular weight is 302 g/mol. The maximum absolute atomic E-state index is 11.7. The van der Waals surface area contributed by atoms with Crippen molar-refractivity contribution in [2.75, 3.05) is 13.2 Å². The molecule has 0 radical (unpaired) electrons. The molecule has 0 aliphatic heterocycles. The van der Waals surface area contributed by atoms with Gasteiger partial charge in [0, 0.05) is 12.6 Å². The van der Waals surface area contributed by atoms with Crippen LogP contribution in [-0.2, 0) is 9.59 Å². The zero-order chi connectivity index (χ0) is 16.4. The Labute approximate surface area is 131 Å². The number of amides is 2. The number of ether oxygens (including phenoxy) is 1. The molecular weight excluding hydrogens is 280 g/mol. The highest BCUT2D eigenvalue weighted by atomic mass is 16.5. The largest absolute Gasteiger partial charge is 0.490 e. The van der Waals surface area contributed by atoms with Crippen LogP contribution in [0.4, 0.5) is 0 Å². The number of carbonyl (C=O) groups excluding carboxylic acids is 2. The van der Waals surface area contributed by atoms with Crippen molar-refractivity contribution in [1.29, 1.82) is 0 Å². The summed E-state index contributed by atoms with van der Waals surface area (Å²) in [5, 5.41) is 5.25. The Bertz CT molecular complexity index is 535. The Balaban J connectivity index is 2.51. The summed E-state index contributed by atoms with van der Waals surface area (Å²) in [5.74, 6) is 0.227. The second-order valence-corrected chi connectivity index (χ2v) is 4.63. The van der Waals surface area contributed by atoms with E-state index in [2.05, 4.69) is 17.2 Å². The molecule has 0 saturated heterocycles. The van der Waals surface area contributed by atoms with Gasteiger partial charge >= 0.3 is 0 Å². The van der Waals surface area contributed by atoms with Crippen LogP contribution in [0.5, 0.6) is 5.75 Å². The van der Waals surface area contributed by atoms with Gasteiger partial charge in [0.15, 0.2) is 0 Å². The lowest BCUT2D eigenvalue weighted by atomic mass is 10.2. The molecule has 118 valence electrons. The molecule has 0 saturated carbocycles. The van der Waals surface area contributed by atoms with Crippen molar-refractivity contribution in [3.8, 4) is 5.75 Å². The van der Waals surface area contributed by atoms with E-state index in [-0.39, 0.29) is 11.8 Å². The maximum atomic E-state index is 11.7. The van der Waals surface area contributed by atoms with Gasteiger partial charge in [0.1, 0.15) is 18.4 Å². The van der Waals surface area contributed by atoms with Gasteiger partial charge < -0.3 is 15.4 Å². The van der Waals surface area contributed by atoms with Crippen molar-refractivity contribution in [2.45, 2.75) is 19.9 Å². The second kappa shape index (κ2) is 9.39. The van der Waals surface area contributed by atoms with Gasteiger partial charge in [-0.1, -0.05) is 24.8 Å². The van der Waals surface area contributed by atoms with Crippen LogP contribution >= 0.6 is 0 Å². The third kappa shape index (κ3) is 6.26. The number of hydrogen-bond acceptors (Lipinski definition) is 3. The van der Waals surface area contributed by atoms with Crippen LogP contribution in [0, 0.1) is 0 Å². The summed E-state index contributed by atoms with van der Waals surface area (Å²) in [4.78, 5) is 23.2. The summed E-state index contributed by atoms with van der Waals surface area (Å²) in [6, 6.07) is 6.76. The minimum Gasteiger partial charge on any atom is -0.490 e. The topological polar surface area (TPSA) is 67.4 Å². The molecular formula is C17H22N2O3. The van der Waals surface area contributed by atoms with Crippen molar-refractivity contribution in [2.24, 2.45) is 0 Å². The molecule has 0 unspecified atom stereocenters. The van der Waals surface area contributed by atoms with Gasteiger partial charge in [-0.2, -0.15) is 0 Å². The van der Waals surface area contributed by atoms with Crippen molar-refractivity contribution in [3.05, 3.63) is 48.6 Å². The summed E-state index contributed by atoms with van der Waals surface area (Å²) in [7, 11) is 0. The lowest BCUT2D eigenvalue weighted by Crippen LogP contribution is -2.44. The number of rotatable bonds is 8. The zero-order valence-electron chi connectivity index (χ0n) is 13.0. The molecule has 22 heavy (non-hydrogen) atoms. The Hall–Kier alpha value is -2.56. The van der Waals surface area contributed by atoms with Crippen LogP contribution in [-0.4, -0.2) is 31.0 Å². The molecule has 0 fully saturated rings. The third-order valence-electron chi connectivity index (χ3n) is 2.78. The molecule has 2 N–H and O–H groups in total. The highest BCUT2D eigenvalue weighted by Gasteiger charge is 2.12. The standard InChI is InChI=1S/C17H22N2O3/c1-4-12-22-15-9-6-14(7-10-15)8-11-16(20)19-13(3)17(21)18-5-2/h4,6-11,13H,1,5,12H2,2-3H3,(H,18,21)(H,19,20)/b11-8+/t13-/m0/s1. The molecule has 0 spiro atoms. The van der Waals surface area contributed by atoms with E-state index in [4.69, 9.17) is 4.74 Å². The van der Waals surface area contributed by atoms with Crippen molar-refractivity contribution < 1.29 is 14.3 Å². The minimum absolute atomic E-state index is 0.201. The first-order valence-corrected chi connectivity index (χ1v) is 7.16. The Morgan fingerprint density at radius 3 is 2.59 bits per heavy atom. The second-order valence-electron chi connectivity index (χ2n) is 4.63. The Kier molecular flexibility index (Phi) is 7.47. The fraction of sp³-hybridized carbons (Fsp3) is 0.294. The predicted octanol–water partition coefficient (Wildman–Crippen LogP) is 1.91. The predicted molar refractivity (Wildman–Crippen MR) is 87.5 cm³/mol. The van der Waals surface area contributed by atoms with Crippen LogP contribution < -0.4 is 15.4 Å². The highest BCUT2D eigenvalue weighted by Crippen LogP contribution is 2.13. The fourth-order valence-corrected chi connectivity index (χ4v) is 1.66. The first-order valence-electron chi connectivity index (χ1n) is 7.16. The van der Waals surface area contributed by atoms with E-state index in [0.29, 0.717) is 13.2 Å². The quantitative estimate of drug-likeness (QED) is 0.569. The van der Waals surface area contributed by atoms with E-state index >= 15 is 0 Å². The summed E-state index contributed by atoms with van der Waals surface area (Å²) in [5.41, 5.74) is 0.867. The van der Waals surface area contributed by atoms with Crippen molar-refractivity contribution >= 4 is 17.9 Å². The van der Waals surface area contributed by atoms with Gasteiger partial charge in [-0.15, -0.1) is 0 Å². The van der Waals surface area contributed by atoms with Crippen LogP contribution in [0.2, 0.25) is 0 Å². The van der Waals surface area contributed by atoms with Crippen LogP contribution in [0.15, 0.2) is 43.0 Å². The lowest BCUT2D eigenvalue weighted by molar-refractivity contribution is -0.126. The fourth-order valence-electron chi connectivity index (χ4n) is 1.66. The molecule has 5 nitrogen and oxygen atoms in total. The van der Waals surface area contributed by atoms with Crippen LogP contribution in [0.1, 0.15) is 19.4 Å². The molecule has 5 heteroatoms. The van der Waals surface area contributed by atoms with Gasteiger partial charge in [0.2, 0.25) is 11.8 Å². The molecule has 1 aromatic carbocycles. The van der Waals surface area contributed by atoms with E-state index in [1.807, 2.05) is 31.2 Å². The number of hydrogen-bond donors (Lipinski definition) is 2. The normalized spacial score (nSPS) is 11.7. The average Bonchev–Trinajstić information content (AvgIpc) is 2.52. The molecule has 0 aromatic heterocycles. The summed E-state index contributed by atoms with van der Waals surface area (Å²) >= 11 is 0. The SMILES string of the molecule is C=CCOc1ccc(/C=C/C(=O)N[C@@H](C)C(=O)NCC)cc1. The van der Waals surface area contributed by atoms with Gasteiger partial charge in [0.05, 0.1) is 0 Å². The Morgan fingerprint density at radius 2 is 2.00 bits per heavy atom. The molecule has 0 aliphatic rings. The van der Waals surface area contributed by atoms with E-state index < -0.39 is 6.04 Å². The molecule has 0 bridgehead atoms. The molecule has 2 amide bonds. The van der Waals surface area contributed by atoms with Gasteiger partial charge in [-0.25, -0.2) is 0 Å². The number of nitrogens with one attached hydrogen (secondary N) is 2. The lowest BCUT2D eigenvalue weighted by Gasteiger charge is -2.11. The Morgan fingerprint density at radius 1 is 1.32 bits per heavy atom. The van der Waals surface area contributed by atoms with Gasteiger partial charge in [-0.3, -0.25) is 9.59 Å². The van der Waals surface area contributed by atoms with Gasteiger partial charge in [-0.05, 0) is 37.6 Å².